The van der Waals surface area contributed by atoms with Gasteiger partial charge in [0.15, 0.2) is 5.69 Å². The lowest BCUT2D eigenvalue weighted by molar-refractivity contribution is 0.0950. The second kappa shape index (κ2) is 6.10. The maximum Gasteiger partial charge on any atom is 0.291 e. The molecule has 1 aromatic heterocycles. The molecule has 110 valence electrons. The fourth-order valence-electron chi connectivity index (χ4n) is 1.62. The van der Waals surface area contributed by atoms with E-state index in [4.69, 9.17) is 11.6 Å². The molecule has 0 radical (unpaired) electrons. The van der Waals surface area contributed by atoms with Crippen molar-refractivity contribution in [2.45, 2.75) is 26.2 Å². The number of amides is 1. The molecule has 0 saturated heterocycles. The lowest BCUT2D eigenvalue weighted by atomic mass is 9.92. The molecule has 6 heteroatoms. The van der Waals surface area contributed by atoms with Crippen molar-refractivity contribution in [2.75, 3.05) is 0 Å². The van der Waals surface area contributed by atoms with Crippen LogP contribution in [0.25, 0.3) is 0 Å². The van der Waals surface area contributed by atoms with Crippen LogP contribution in [0.15, 0.2) is 35.4 Å². The lowest BCUT2D eigenvalue weighted by Crippen LogP contribution is -2.18. The second-order valence-corrected chi connectivity index (χ2v) is 6.04. The predicted molar refractivity (Wildman–Crippen MR) is 83.8 cm³/mol. The Bertz CT molecular complexity index is 670. The summed E-state index contributed by atoms with van der Waals surface area (Å²) in [5, 5.41) is 11.3. The molecule has 2 N–H and O–H groups in total. The summed E-state index contributed by atoms with van der Waals surface area (Å²) >= 11 is 5.99. The summed E-state index contributed by atoms with van der Waals surface area (Å²) in [4.78, 5) is 11.9. The van der Waals surface area contributed by atoms with Gasteiger partial charge in [-0.15, -0.1) is 0 Å². The first-order valence-electron chi connectivity index (χ1n) is 6.52. The van der Waals surface area contributed by atoms with Gasteiger partial charge in [-0.3, -0.25) is 9.89 Å². The Morgan fingerprint density at radius 2 is 2.10 bits per heavy atom. The second-order valence-electron chi connectivity index (χ2n) is 5.64. The van der Waals surface area contributed by atoms with Crippen LogP contribution >= 0.6 is 11.6 Å². The highest BCUT2D eigenvalue weighted by molar-refractivity contribution is 6.33. The number of H-pyrrole nitrogens is 1. The summed E-state index contributed by atoms with van der Waals surface area (Å²) in [6, 6.07) is 8.97. The number of carbonyl (C=O) groups excluding carboxylic acids is 1. The van der Waals surface area contributed by atoms with E-state index in [1.807, 2.05) is 39.0 Å². The fraction of sp³-hybridized carbons (Fsp3) is 0.267. The molecule has 0 aliphatic heterocycles. The van der Waals surface area contributed by atoms with Crippen LogP contribution in [0.3, 0.4) is 0 Å². The molecule has 21 heavy (non-hydrogen) atoms. The molecule has 2 aromatic rings. The van der Waals surface area contributed by atoms with Crippen LogP contribution in [0.4, 0.5) is 0 Å². The van der Waals surface area contributed by atoms with Crippen molar-refractivity contribution >= 4 is 23.7 Å². The fourth-order valence-corrected chi connectivity index (χ4v) is 1.80. The van der Waals surface area contributed by atoms with Gasteiger partial charge in [-0.1, -0.05) is 50.6 Å². The number of nitrogens with one attached hydrogen (secondary N) is 2. The number of aromatic amines is 1. The van der Waals surface area contributed by atoms with Gasteiger partial charge in [0, 0.05) is 21.7 Å². The smallest absolute Gasteiger partial charge is 0.281 e. The zero-order chi connectivity index (χ0) is 15.5. The van der Waals surface area contributed by atoms with Crippen molar-refractivity contribution in [1.82, 2.24) is 15.6 Å². The third-order valence-corrected chi connectivity index (χ3v) is 3.24. The standard InChI is InChI=1S/C15H17ClN4O/c1-15(2,3)13-8-12(18-19-13)14(21)20-17-9-10-6-4-5-7-11(10)16/h4-9H,1-3H3,(H,18,19)(H,20,21). The number of carbonyl (C=O) groups is 1. The Balaban J connectivity index is 2.02. The van der Waals surface area contributed by atoms with Crippen LogP contribution in [-0.4, -0.2) is 22.3 Å². The minimum Gasteiger partial charge on any atom is -0.281 e. The van der Waals surface area contributed by atoms with Gasteiger partial charge in [0.1, 0.15) is 0 Å². The lowest BCUT2D eigenvalue weighted by Gasteiger charge is -2.14. The maximum atomic E-state index is 11.9. The first-order chi connectivity index (χ1) is 9.88. The average molecular weight is 305 g/mol. The third-order valence-electron chi connectivity index (χ3n) is 2.89. The minimum atomic E-state index is -0.370. The summed E-state index contributed by atoms with van der Waals surface area (Å²) in [5.74, 6) is -0.370. The van der Waals surface area contributed by atoms with Gasteiger partial charge in [-0.25, -0.2) is 5.43 Å². The van der Waals surface area contributed by atoms with Gasteiger partial charge >= 0.3 is 0 Å². The van der Waals surface area contributed by atoms with E-state index in [0.717, 1.165) is 11.3 Å². The molecule has 1 heterocycles. The molecule has 2 rings (SSSR count). The number of hydrogen-bond acceptors (Lipinski definition) is 3. The molecule has 0 fully saturated rings. The van der Waals surface area contributed by atoms with Crippen LogP contribution < -0.4 is 5.43 Å². The van der Waals surface area contributed by atoms with Crippen LogP contribution in [0.1, 0.15) is 42.5 Å². The molecule has 0 spiro atoms. The molecular formula is C15H17ClN4O. The first-order valence-corrected chi connectivity index (χ1v) is 6.89. The van der Waals surface area contributed by atoms with Crippen LogP contribution in [-0.2, 0) is 5.41 Å². The van der Waals surface area contributed by atoms with E-state index in [-0.39, 0.29) is 11.3 Å². The Kier molecular flexibility index (Phi) is 4.43. The number of hydrazone groups is 1. The molecule has 0 saturated carbocycles. The van der Waals surface area contributed by atoms with Crippen molar-refractivity contribution in [3.05, 3.63) is 52.3 Å². The molecule has 0 aliphatic rings. The average Bonchev–Trinajstić information content (AvgIpc) is 2.90. The van der Waals surface area contributed by atoms with E-state index in [1.165, 1.54) is 6.21 Å². The van der Waals surface area contributed by atoms with Crippen molar-refractivity contribution in [3.63, 3.8) is 0 Å². The van der Waals surface area contributed by atoms with Crippen LogP contribution in [0, 0.1) is 0 Å². The summed E-state index contributed by atoms with van der Waals surface area (Å²) in [6.07, 6.45) is 1.50. The number of aromatic nitrogens is 2. The number of rotatable bonds is 3. The van der Waals surface area contributed by atoms with Gasteiger partial charge in [-0.05, 0) is 12.1 Å². The number of hydrogen-bond donors (Lipinski definition) is 2. The van der Waals surface area contributed by atoms with E-state index < -0.39 is 0 Å². The van der Waals surface area contributed by atoms with E-state index >= 15 is 0 Å². The van der Waals surface area contributed by atoms with Gasteiger partial charge in [0.2, 0.25) is 0 Å². The Hall–Kier alpha value is -2.14. The van der Waals surface area contributed by atoms with Gasteiger partial charge in [0.05, 0.1) is 6.21 Å². The molecule has 0 bridgehead atoms. The molecule has 0 unspecified atom stereocenters. The molecule has 0 aliphatic carbocycles. The molecular weight excluding hydrogens is 288 g/mol. The Morgan fingerprint density at radius 3 is 2.71 bits per heavy atom. The van der Waals surface area contributed by atoms with E-state index in [9.17, 15) is 4.79 Å². The summed E-state index contributed by atoms with van der Waals surface area (Å²) < 4.78 is 0. The van der Waals surface area contributed by atoms with Gasteiger partial charge in [0.25, 0.3) is 5.91 Å². The van der Waals surface area contributed by atoms with Crippen molar-refractivity contribution in [2.24, 2.45) is 5.10 Å². The van der Waals surface area contributed by atoms with Crippen molar-refractivity contribution < 1.29 is 4.79 Å². The predicted octanol–water partition coefficient (Wildman–Crippen LogP) is 3.12. The number of benzene rings is 1. The minimum absolute atomic E-state index is 0.0909. The van der Waals surface area contributed by atoms with E-state index in [0.29, 0.717) is 10.7 Å². The monoisotopic (exact) mass is 304 g/mol. The SMILES string of the molecule is CC(C)(C)c1cc(C(=O)NN=Cc2ccccc2Cl)n[nH]1. The van der Waals surface area contributed by atoms with Gasteiger partial charge < -0.3 is 0 Å². The number of nitrogens with zero attached hydrogens (tertiary/aromatic N) is 2. The van der Waals surface area contributed by atoms with E-state index in [1.54, 1.807) is 12.1 Å². The summed E-state index contributed by atoms with van der Waals surface area (Å²) in [7, 11) is 0. The third kappa shape index (κ3) is 3.92. The summed E-state index contributed by atoms with van der Waals surface area (Å²) in [6.45, 7) is 6.12. The Labute approximate surface area is 128 Å². The van der Waals surface area contributed by atoms with E-state index in [2.05, 4.69) is 20.7 Å². The molecule has 1 aromatic carbocycles. The largest absolute Gasteiger partial charge is 0.291 e. The van der Waals surface area contributed by atoms with Crippen molar-refractivity contribution in [3.8, 4) is 0 Å². The zero-order valence-electron chi connectivity index (χ0n) is 12.1. The van der Waals surface area contributed by atoms with Crippen molar-refractivity contribution in [1.29, 1.82) is 0 Å². The first kappa shape index (κ1) is 15.3. The topological polar surface area (TPSA) is 70.1 Å². The molecule has 0 atom stereocenters. The highest BCUT2D eigenvalue weighted by atomic mass is 35.5. The van der Waals surface area contributed by atoms with Crippen LogP contribution in [0.5, 0.6) is 0 Å². The highest BCUT2D eigenvalue weighted by Gasteiger charge is 2.19. The maximum absolute atomic E-state index is 11.9. The van der Waals surface area contributed by atoms with Crippen LogP contribution in [0.2, 0.25) is 5.02 Å². The quantitative estimate of drug-likeness (QED) is 0.675. The summed E-state index contributed by atoms with van der Waals surface area (Å²) in [5.41, 5.74) is 4.26. The Morgan fingerprint density at radius 1 is 1.38 bits per heavy atom. The zero-order valence-corrected chi connectivity index (χ0v) is 12.9. The van der Waals surface area contributed by atoms with Gasteiger partial charge in [-0.2, -0.15) is 10.2 Å². The normalized spacial score (nSPS) is 11.8. The number of halogens is 1. The molecule has 1 amide bonds. The highest BCUT2D eigenvalue weighted by Crippen LogP contribution is 2.20. The molecule has 5 nitrogen and oxygen atoms in total.